The van der Waals surface area contributed by atoms with Crippen LogP contribution < -0.4 is 5.32 Å². The Balaban J connectivity index is 2.23. The standard InChI is InChI=1S/C11H13N5O2/c1-8-9(12-6-11(17)18-2)4-3-5-10(8)16-7-13-14-15-16/h3-5,7,12H,6H2,1-2H3. The van der Waals surface area contributed by atoms with E-state index in [0.29, 0.717) is 0 Å². The smallest absolute Gasteiger partial charge is 0.325 e. The Bertz CT molecular complexity index is 538. The summed E-state index contributed by atoms with van der Waals surface area (Å²) in [7, 11) is 1.36. The van der Waals surface area contributed by atoms with Crippen LogP contribution in [0.15, 0.2) is 24.5 Å². The zero-order valence-electron chi connectivity index (χ0n) is 10.1. The van der Waals surface area contributed by atoms with Gasteiger partial charge in [-0.2, -0.15) is 0 Å². The van der Waals surface area contributed by atoms with Crippen LogP contribution in [-0.4, -0.2) is 39.8 Å². The number of nitrogens with one attached hydrogen (secondary N) is 1. The minimum absolute atomic E-state index is 0.121. The molecule has 0 fully saturated rings. The van der Waals surface area contributed by atoms with Gasteiger partial charge in [-0.15, -0.1) is 5.10 Å². The maximum Gasteiger partial charge on any atom is 0.325 e. The second-order valence-corrected chi connectivity index (χ2v) is 3.63. The monoisotopic (exact) mass is 247 g/mol. The van der Waals surface area contributed by atoms with Crippen LogP contribution in [0.25, 0.3) is 5.69 Å². The Morgan fingerprint density at radius 2 is 2.33 bits per heavy atom. The zero-order valence-corrected chi connectivity index (χ0v) is 10.1. The molecule has 7 heteroatoms. The first kappa shape index (κ1) is 12.0. The predicted octanol–water partition coefficient (Wildman–Crippen LogP) is 0.556. The Labute approximate surface area is 104 Å². The zero-order chi connectivity index (χ0) is 13.0. The van der Waals surface area contributed by atoms with Gasteiger partial charge < -0.3 is 10.1 Å². The molecule has 1 N–H and O–H groups in total. The maximum atomic E-state index is 11.1. The van der Waals surface area contributed by atoms with Gasteiger partial charge in [-0.1, -0.05) is 6.07 Å². The highest BCUT2D eigenvalue weighted by Crippen LogP contribution is 2.21. The lowest BCUT2D eigenvalue weighted by Crippen LogP contribution is -2.16. The molecule has 0 unspecified atom stereocenters. The van der Waals surface area contributed by atoms with Gasteiger partial charge in [-0.3, -0.25) is 4.79 Å². The van der Waals surface area contributed by atoms with E-state index in [9.17, 15) is 4.79 Å². The van der Waals surface area contributed by atoms with Gasteiger partial charge in [0.1, 0.15) is 12.9 Å². The molecular weight excluding hydrogens is 234 g/mol. The average molecular weight is 247 g/mol. The number of esters is 1. The van der Waals surface area contributed by atoms with Crippen LogP contribution in [0, 0.1) is 6.92 Å². The fraction of sp³-hybridized carbons (Fsp3) is 0.273. The topological polar surface area (TPSA) is 81.9 Å². The predicted molar refractivity (Wildman–Crippen MR) is 64.4 cm³/mol. The molecule has 0 aliphatic heterocycles. The number of hydrogen-bond acceptors (Lipinski definition) is 6. The van der Waals surface area contributed by atoms with Crippen molar-refractivity contribution in [1.82, 2.24) is 20.2 Å². The lowest BCUT2D eigenvalue weighted by molar-refractivity contribution is -0.138. The van der Waals surface area contributed by atoms with E-state index in [-0.39, 0.29) is 12.5 Å². The van der Waals surface area contributed by atoms with Crippen LogP contribution in [0.1, 0.15) is 5.56 Å². The summed E-state index contributed by atoms with van der Waals surface area (Å²) < 4.78 is 6.14. The van der Waals surface area contributed by atoms with Crippen molar-refractivity contribution in [3.8, 4) is 5.69 Å². The minimum Gasteiger partial charge on any atom is -0.468 e. The number of carbonyl (C=O) groups excluding carboxylic acids is 1. The Kier molecular flexibility index (Phi) is 3.52. The van der Waals surface area contributed by atoms with Gasteiger partial charge in [0, 0.05) is 5.69 Å². The summed E-state index contributed by atoms with van der Waals surface area (Å²) in [6.45, 7) is 2.05. The number of methoxy groups -OCH3 is 1. The molecule has 0 bridgehead atoms. The van der Waals surface area contributed by atoms with E-state index in [1.807, 2.05) is 25.1 Å². The fourth-order valence-corrected chi connectivity index (χ4v) is 1.57. The number of hydrogen-bond donors (Lipinski definition) is 1. The summed E-state index contributed by atoms with van der Waals surface area (Å²) in [6, 6.07) is 5.64. The molecule has 0 atom stereocenters. The molecule has 0 amide bonds. The Hall–Kier alpha value is -2.44. The first-order valence-corrected chi connectivity index (χ1v) is 5.36. The van der Waals surface area contributed by atoms with E-state index in [4.69, 9.17) is 0 Å². The normalized spacial score (nSPS) is 10.1. The molecule has 2 rings (SSSR count). The lowest BCUT2D eigenvalue weighted by atomic mass is 10.1. The van der Waals surface area contributed by atoms with E-state index in [1.165, 1.54) is 13.4 Å². The lowest BCUT2D eigenvalue weighted by Gasteiger charge is -2.11. The maximum absolute atomic E-state index is 11.1. The molecule has 2 aromatic rings. The second kappa shape index (κ2) is 5.26. The molecular formula is C11H13N5O2. The van der Waals surface area contributed by atoms with Crippen molar-refractivity contribution in [2.75, 3.05) is 19.0 Å². The van der Waals surface area contributed by atoms with Crippen molar-refractivity contribution in [2.24, 2.45) is 0 Å². The number of aromatic nitrogens is 4. The van der Waals surface area contributed by atoms with E-state index >= 15 is 0 Å². The van der Waals surface area contributed by atoms with Gasteiger partial charge >= 0.3 is 5.97 Å². The third kappa shape index (κ3) is 2.45. The van der Waals surface area contributed by atoms with Crippen molar-refractivity contribution in [3.05, 3.63) is 30.1 Å². The molecule has 0 saturated heterocycles. The third-order valence-electron chi connectivity index (χ3n) is 2.55. The molecule has 1 aromatic carbocycles. The minimum atomic E-state index is -0.317. The van der Waals surface area contributed by atoms with E-state index in [0.717, 1.165) is 16.9 Å². The Morgan fingerprint density at radius 1 is 1.50 bits per heavy atom. The SMILES string of the molecule is COC(=O)CNc1cccc(-n2cnnn2)c1C. The van der Waals surface area contributed by atoms with Crippen LogP contribution in [0.3, 0.4) is 0 Å². The number of nitrogens with zero attached hydrogens (tertiary/aromatic N) is 4. The van der Waals surface area contributed by atoms with Crippen LogP contribution >= 0.6 is 0 Å². The van der Waals surface area contributed by atoms with Crippen LogP contribution in [0.2, 0.25) is 0 Å². The molecule has 0 radical (unpaired) electrons. The van der Waals surface area contributed by atoms with E-state index in [1.54, 1.807) is 4.68 Å². The number of benzene rings is 1. The van der Waals surface area contributed by atoms with Crippen LogP contribution in [0.5, 0.6) is 0 Å². The van der Waals surface area contributed by atoms with Crippen molar-refractivity contribution >= 4 is 11.7 Å². The first-order chi connectivity index (χ1) is 8.72. The summed E-state index contributed by atoms with van der Waals surface area (Å²) in [4.78, 5) is 11.1. The second-order valence-electron chi connectivity index (χ2n) is 3.63. The number of ether oxygens (including phenoxy) is 1. The highest BCUT2D eigenvalue weighted by atomic mass is 16.5. The van der Waals surface area contributed by atoms with Gasteiger partial charge in [-0.05, 0) is 35.0 Å². The summed E-state index contributed by atoms with van der Waals surface area (Å²) in [5.41, 5.74) is 2.65. The number of carbonyl (C=O) groups is 1. The highest BCUT2D eigenvalue weighted by Gasteiger charge is 2.08. The van der Waals surface area contributed by atoms with E-state index in [2.05, 4.69) is 25.6 Å². The van der Waals surface area contributed by atoms with Crippen molar-refractivity contribution in [2.45, 2.75) is 6.92 Å². The molecule has 0 spiro atoms. The Morgan fingerprint density at radius 3 is 3.00 bits per heavy atom. The van der Waals surface area contributed by atoms with Crippen molar-refractivity contribution in [1.29, 1.82) is 0 Å². The van der Waals surface area contributed by atoms with Gasteiger partial charge in [0.05, 0.1) is 12.8 Å². The molecule has 1 aromatic heterocycles. The molecule has 0 aliphatic carbocycles. The van der Waals surface area contributed by atoms with Gasteiger partial charge in [0.15, 0.2) is 0 Å². The number of tetrazole rings is 1. The highest BCUT2D eigenvalue weighted by molar-refractivity contribution is 5.75. The summed E-state index contributed by atoms with van der Waals surface area (Å²) in [5, 5.41) is 14.0. The van der Waals surface area contributed by atoms with E-state index < -0.39 is 0 Å². The quantitative estimate of drug-likeness (QED) is 0.795. The molecule has 0 saturated carbocycles. The van der Waals surface area contributed by atoms with Gasteiger partial charge in [0.2, 0.25) is 0 Å². The van der Waals surface area contributed by atoms with Gasteiger partial charge in [0.25, 0.3) is 0 Å². The molecule has 1 heterocycles. The average Bonchev–Trinajstić information content (AvgIpc) is 2.91. The molecule has 0 aliphatic rings. The van der Waals surface area contributed by atoms with Gasteiger partial charge in [-0.25, -0.2) is 4.68 Å². The van der Waals surface area contributed by atoms with Crippen molar-refractivity contribution < 1.29 is 9.53 Å². The summed E-state index contributed by atoms with van der Waals surface area (Å²) in [5.74, 6) is -0.317. The summed E-state index contributed by atoms with van der Waals surface area (Å²) >= 11 is 0. The molecule has 94 valence electrons. The van der Waals surface area contributed by atoms with Crippen molar-refractivity contribution in [3.63, 3.8) is 0 Å². The first-order valence-electron chi connectivity index (χ1n) is 5.36. The number of anilines is 1. The number of rotatable bonds is 4. The largest absolute Gasteiger partial charge is 0.468 e. The third-order valence-corrected chi connectivity index (χ3v) is 2.55. The van der Waals surface area contributed by atoms with Crippen LogP contribution in [0.4, 0.5) is 5.69 Å². The molecule has 18 heavy (non-hydrogen) atoms. The van der Waals surface area contributed by atoms with Crippen LogP contribution in [-0.2, 0) is 9.53 Å². The molecule has 7 nitrogen and oxygen atoms in total. The fourth-order valence-electron chi connectivity index (χ4n) is 1.57. The summed E-state index contributed by atoms with van der Waals surface area (Å²) in [6.07, 6.45) is 1.52.